The van der Waals surface area contributed by atoms with Crippen molar-refractivity contribution in [2.45, 2.75) is 0 Å². The molecule has 0 aliphatic carbocycles. The second-order valence-corrected chi connectivity index (χ2v) is 5.66. The van der Waals surface area contributed by atoms with E-state index in [0.717, 1.165) is 11.3 Å². The highest BCUT2D eigenvalue weighted by molar-refractivity contribution is 7.07. The van der Waals surface area contributed by atoms with E-state index in [-0.39, 0.29) is 11.7 Å². The Morgan fingerprint density at radius 1 is 1.17 bits per heavy atom. The van der Waals surface area contributed by atoms with Crippen LogP contribution in [0.15, 0.2) is 65.0 Å². The first kappa shape index (κ1) is 15.1. The van der Waals surface area contributed by atoms with Gasteiger partial charge in [-0.05, 0) is 18.2 Å². The molecule has 0 fully saturated rings. The zero-order valence-electron chi connectivity index (χ0n) is 12.4. The zero-order chi connectivity index (χ0) is 16.2. The Morgan fingerprint density at radius 2 is 1.96 bits per heavy atom. The number of nitrogens with zero attached hydrogens (tertiary/aromatic N) is 2. The molecule has 0 aliphatic heterocycles. The first-order valence-corrected chi connectivity index (χ1v) is 7.86. The SMILES string of the molecule is CN=c1scc(-c2ccccc2)n1NC(=O)c1cccc(O)c1. The van der Waals surface area contributed by atoms with Crippen molar-refractivity contribution in [3.05, 3.63) is 70.3 Å². The molecule has 0 atom stereocenters. The van der Waals surface area contributed by atoms with Crippen molar-refractivity contribution in [2.24, 2.45) is 4.99 Å². The van der Waals surface area contributed by atoms with E-state index in [1.165, 1.54) is 23.5 Å². The van der Waals surface area contributed by atoms with Gasteiger partial charge in [-0.25, -0.2) is 4.68 Å². The summed E-state index contributed by atoms with van der Waals surface area (Å²) >= 11 is 1.44. The van der Waals surface area contributed by atoms with Crippen LogP contribution in [0.2, 0.25) is 0 Å². The number of aromatic hydroxyl groups is 1. The van der Waals surface area contributed by atoms with Gasteiger partial charge in [-0.1, -0.05) is 36.4 Å². The number of aromatic nitrogens is 1. The van der Waals surface area contributed by atoms with Gasteiger partial charge in [-0.3, -0.25) is 15.2 Å². The van der Waals surface area contributed by atoms with E-state index in [1.54, 1.807) is 23.9 Å². The topological polar surface area (TPSA) is 66.6 Å². The Kier molecular flexibility index (Phi) is 4.25. The number of carbonyl (C=O) groups excluding carboxylic acids is 1. The molecule has 23 heavy (non-hydrogen) atoms. The molecule has 0 radical (unpaired) electrons. The van der Waals surface area contributed by atoms with Crippen molar-refractivity contribution in [3.8, 4) is 17.0 Å². The van der Waals surface area contributed by atoms with Crippen molar-refractivity contribution >= 4 is 17.2 Å². The predicted molar refractivity (Wildman–Crippen MR) is 91.0 cm³/mol. The zero-order valence-corrected chi connectivity index (χ0v) is 13.2. The van der Waals surface area contributed by atoms with E-state index in [2.05, 4.69) is 10.4 Å². The molecule has 0 saturated carbocycles. The average molecular weight is 325 g/mol. The van der Waals surface area contributed by atoms with E-state index in [1.807, 2.05) is 35.7 Å². The maximum Gasteiger partial charge on any atom is 0.270 e. The lowest BCUT2D eigenvalue weighted by atomic mass is 10.2. The van der Waals surface area contributed by atoms with Gasteiger partial charge in [-0.15, -0.1) is 11.3 Å². The van der Waals surface area contributed by atoms with Crippen LogP contribution in [-0.4, -0.2) is 22.7 Å². The first-order chi connectivity index (χ1) is 11.2. The predicted octanol–water partition coefficient (Wildman–Crippen LogP) is 2.84. The Labute approximate surface area is 137 Å². The molecule has 0 spiro atoms. The molecule has 0 bridgehead atoms. The summed E-state index contributed by atoms with van der Waals surface area (Å²) in [7, 11) is 1.68. The van der Waals surface area contributed by atoms with Crippen LogP contribution in [0.3, 0.4) is 0 Å². The fourth-order valence-corrected chi connectivity index (χ4v) is 3.01. The highest BCUT2D eigenvalue weighted by Crippen LogP contribution is 2.19. The number of thiazole rings is 1. The van der Waals surface area contributed by atoms with Crippen LogP contribution < -0.4 is 10.2 Å². The number of hydrogen-bond donors (Lipinski definition) is 2. The van der Waals surface area contributed by atoms with E-state index >= 15 is 0 Å². The lowest BCUT2D eigenvalue weighted by Crippen LogP contribution is -2.31. The third-order valence-electron chi connectivity index (χ3n) is 3.29. The Hall–Kier alpha value is -2.86. The van der Waals surface area contributed by atoms with Gasteiger partial charge in [-0.2, -0.15) is 0 Å². The molecule has 2 N–H and O–H groups in total. The summed E-state index contributed by atoms with van der Waals surface area (Å²) in [5, 5.41) is 11.5. The third-order valence-corrected chi connectivity index (χ3v) is 4.21. The highest BCUT2D eigenvalue weighted by atomic mass is 32.1. The van der Waals surface area contributed by atoms with Gasteiger partial charge >= 0.3 is 0 Å². The minimum absolute atomic E-state index is 0.0525. The fraction of sp³-hybridized carbons (Fsp3) is 0.0588. The van der Waals surface area contributed by atoms with E-state index in [0.29, 0.717) is 10.4 Å². The molecule has 0 unspecified atom stereocenters. The smallest absolute Gasteiger partial charge is 0.270 e. The molecule has 6 heteroatoms. The summed E-state index contributed by atoms with van der Waals surface area (Å²) < 4.78 is 1.66. The van der Waals surface area contributed by atoms with Crippen LogP contribution in [0.1, 0.15) is 10.4 Å². The number of amides is 1. The van der Waals surface area contributed by atoms with Gasteiger partial charge < -0.3 is 5.11 Å². The summed E-state index contributed by atoms with van der Waals surface area (Å²) in [6.07, 6.45) is 0. The normalized spacial score (nSPS) is 11.4. The maximum absolute atomic E-state index is 12.4. The van der Waals surface area contributed by atoms with Gasteiger partial charge in [0.05, 0.1) is 5.69 Å². The minimum atomic E-state index is -0.314. The van der Waals surface area contributed by atoms with Crippen LogP contribution in [-0.2, 0) is 0 Å². The van der Waals surface area contributed by atoms with Crippen LogP contribution >= 0.6 is 11.3 Å². The van der Waals surface area contributed by atoms with E-state index in [4.69, 9.17) is 0 Å². The van der Waals surface area contributed by atoms with Gasteiger partial charge in [0.2, 0.25) is 4.80 Å². The molecule has 2 aromatic carbocycles. The lowest BCUT2D eigenvalue weighted by molar-refractivity contribution is 0.101. The molecule has 0 aliphatic rings. The second-order valence-electron chi connectivity index (χ2n) is 4.82. The molecule has 5 nitrogen and oxygen atoms in total. The molecule has 3 rings (SSSR count). The van der Waals surface area contributed by atoms with Crippen LogP contribution in [0.4, 0.5) is 0 Å². The molecular formula is C17H15N3O2S. The molecule has 0 saturated heterocycles. The number of rotatable bonds is 3. The van der Waals surface area contributed by atoms with Gasteiger partial charge in [0.25, 0.3) is 5.91 Å². The second kappa shape index (κ2) is 6.50. The minimum Gasteiger partial charge on any atom is -0.508 e. The number of carbonyl (C=O) groups is 1. The molecule has 116 valence electrons. The quantitative estimate of drug-likeness (QED) is 0.777. The van der Waals surface area contributed by atoms with Gasteiger partial charge in [0, 0.05) is 23.6 Å². The first-order valence-electron chi connectivity index (χ1n) is 6.98. The Bertz CT molecular complexity index is 897. The number of benzene rings is 2. The van der Waals surface area contributed by atoms with Crippen LogP contribution in [0.5, 0.6) is 5.75 Å². The lowest BCUT2D eigenvalue weighted by Gasteiger charge is -2.11. The standard InChI is InChI=1S/C17H15N3O2S/c1-18-17-20(15(11-23-17)12-6-3-2-4-7-12)19-16(22)13-8-5-9-14(21)10-13/h2-11,21H,1H3,(H,19,22). The highest BCUT2D eigenvalue weighted by Gasteiger charge is 2.12. The summed E-state index contributed by atoms with van der Waals surface area (Å²) in [6.45, 7) is 0. The largest absolute Gasteiger partial charge is 0.508 e. The summed E-state index contributed by atoms with van der Waals surface area (Å²) in [5.74, 6) is -0.261. The van der Waals surface area contributed by atoms with E-state index in [9.17, 15) is 9.90 Å². The summed E-state index contributed by atoms with van der Waals surface area (Å²) in [4.78, 5) is 17.3. The van der Waals surface area contributed by atoms with Crippen molar-refractivity contribution < 1.29 is 9.90 Å². The number of hydrogen-bond acceptors (Lipinski definition) is 4. The Morgan fingerprint density at radius 3 is 2.65 bits per heavy atom. The number of phenols is 1. The average Bonchev–Trinajstić information content (AvgIpc) is 2.98. The number of nitrogens with one attached hydrogen (secondary N) is 1. The molecular weight excluding hydrogens is 310 g/mol. The number of phenolic OH excluding ortho intramolecular Hbond substituents is 1. The van der Waals surface area contributed by atoms with E-state index < -0.39 is 0 Å². The molecule has 1 amide bonds. The van der Waals surface area contributed by atoms with Crippen molar-refractivity contribution in [1.82, 2.24) is 4.68 Å². The van der Waals surface area contributed by atoms with Crippen LogP contribution in [0, 0.1) is 0 Å². The van der Waals surface area contributed by atoms with Gasteiger partial charge in [0.1, 0.15) is 5.75 Å². The van der Waals surface area contributed by atoms with Crippen LogP contribution in [0.25, 0.3) is 11.3 Å². The van der Waals surface area contributed by atoms with Crippen molar-refractivity contribution in [2.75, 3.05) is 12.5 Å². The van der Waals surface area contributed by atoms with Crippen molar-refractivity contribution in [3.63, 3.8) is 0 Å². The van der Waals surface area contributed by atoms with Crippen molar-refractivity contribution in [1.29, 1.82) is 0 Å². The Balaban J connectivity index is 2.00. The third kappa shape index (κ3) is 3.17. The fourth-order valence-electron chi connectivity index (χ4n) is 2.20. The van der Waals surface area contributed by atoms with Gasteiger partial charge in [0.15, 0.2) is 0 Å². The molecule has 1 heterocycles. The molecule has 3 aromatic rings. The maximum atomic E-state index is 12.4. The molecule has 1 aromatic heterocycles. The monoisotopic (exact) mass is 325 g/mol. The summed E-state index contributed by atoms with van der Waals surface area (Å²) in [5.41, 5.74) is 5.05. The summed E-state index contributed by atoms with van der Waals surface area (Å²) in [6, 6.07) is 16.0.